The van der Waals surface area contributed by atoms with E-state index >= 15 is 0 Å². The molecular formula is C22H15N5O2S3. The van der Waals surface area contributed by atoms with Crippen molar-refractivity contribution in [3.8, 4) is 16.9 Å². The molecule has 32 heavy (non-hydrogen) atoms. The zero-order valence-corrected chi connectivity index (χ0v) is 18.9. The molecule has 0 unspecified atom stereocenters. The van der Waals surface area contributed by atoms with E-state index in [2.05, 4.69) is 15.3 Å². The summed E-state index contributed by atoms with van der Waals surface area (Å²) in [6, 6.07) is 19.2. The second kappa shape index (κ2) is 8.58. The van der Waals surface area contributed by atoms with Gasteiger partial charge >= 0.3 is 0 Å². The van der Waals surface area contributed by atoms with Gasteiger partial charge in [0, 0.05) is 16.6 Å². The van der Waals surface area contributed by atoms with Gasteiger partial charge in [0.1, 0.15) is 17.6 Å². The Kier molecular flexibility index (Phi) is 5.48. The van der Waals surface area contributed by atoms with Crippen molar-refractivity contribution in [2.75, 3.05) is 5.32 Å². The van der Waals surface area contributed by atoms with Crippen LogP contribution in [0.15, 0.2) is 77.2 Å². The molecule has 0 saturated carbocycles. The lowest BCUT2D eigenvalue weighted by Crippen LogP contribution is -2.27. The first kappa shape index (κ1) is 20.4. The van der Waals surface area contributed by atoms with Gasteiger partial charge in [-0.3, -0.25) is 18.7 Å². The summed E-state index contributed by atoms with van der Waals surface area (Å²) in [5, 5.41) is 5.11. The molecule has 158 valence electrons. The number of anilines is 1. The number of carbonyl (C=O) groups is 1. The Hall–Kier alpha value is -3.47. The van der Waals surface area contributed by atoms with Gasteiger partial charge in [-0.25, -0.2) is 9.97 Å². The van der Waals surface area contributed by atoms with Crippen molar-refractivity contribution in [2.24, 2.45) is 0 Å². The Morgan fingerprint density at radius 3 is 2.53 bits per heavy atom. The van der Waals surface area contributed by atoms with Gasteiger partial charge in [-0.2, -0.15) is 0 Å². The molecule has 0 aliphatic heterocycles. The summed E-state index contributed by atoms with van der Waals surface area (Å²) < 4.78 is 3.98. The zero-order valence-electron chi connectivity index (χ0n) is 16.5. The maximum atomic E-state index is 13.0. The van der Waals surface area contributed by atoms with Crippen LogP contribution in [0.2, 0.25) is 0 Å². The standard InChI is InChI=1S/C22H15N5O2S3/c28-17(25-21-24-16(12-31-21)14-7-3-1-4-8-14)11-26-13-23-19-18(20(26)29)32-22(30)27(19)15-9-5-2-6-10-15/h1-10,12-13H,11H2,(H,24,25,28). The molecule has 0 bridgehead atoms. The van der Waals surface area contributed by atoms with Crippen LogP contribution < -0.4 is 10.9 Å². The number of carbonyl (C=O) groups excluding carboxylic acids is 1. The second-order valence-corrected chi connectivity index (χ2v) is 9.32. The number of aromatic nitrogens is 4. The molecule has 1 N–H and O–H groups in total. The summed E-state index contributed by atoms with van der Waals surface area (Å²) in [6.07, 6.45) is 1.38. The summed E-state index contributed by atoms with van der Waals surface area (Å²) in [6.45, 7) is -0.169. The molecule has 0 saturated heterocycles. The van der Waals surface area contributed by atoms with Crippen LogP contribution in [0.1, 0.15) is 0 Å². The van der Waals surface area contributed by atoms with E-state index in [-0.39, 0.29) is 18.0 Å². The van der Waals surface area contributed by atoms with Gasteiger partial charge < -0.3 is 5.32 Å². The van der Waals surface area contributed by atoms with Crippen LogP contribution >= 0.6 is 34.9 Å². The van der Waals surface area contributed by atoms with E-state index in [1.165, 1.54) is 33.6 Å². The minimum Gasteiger partial charge on any atom is -0.300 e. The summed E-state index contributed by atoms with van der Waals surface area (Å²) in [5.74, 6) is -0.353. The lowest BCUT2D eigenvalue weighted by Gasteiger charge is -2.06. The van der Waals surface area contributed by atoms with Crippen LogP contribution in [0.3, 0.4) is 0 Å². The maximum Gasteiger partial charge on any atom is 0.273 e. The summed E-state index contributed by atoms with van der Waals surface area (Å²) in [4.78, 5) is 34.4. The molecule has 7 nitrogen and oxygen atoms in total. The van der Waals surface area contributed by atoms with E-state index < -0.39 is 0 Å². The molecule has 5 aromatic rings. The molecule has 5 rings (SSSR count). The molecule has 0 radical (unpaired) electrons. The maximum absolute atomic E-state index is 13.0. The lowest BCUT2D eigenvalue weighted by atomic mass is 10.2. The number of fused-ring (bicyclic) bond motifs is 1. The SMILES string of the molecule is O=C(Cn1cnc2c(sc(=S)n2-c2ccccc2)c1=O)Nc1nc(-c2ccccc2)cs1. The third-order valence-corrected chi connectivity index (χ3v) is 6.82. The Labute approximate surface area is 195 Å². The number of para-hydroxylation sites is 1. The molecule has 0 spiro atoms. The van der Waals surface area contributed by atoms with E-state index in [0.29, 0.717) is 19.4 Å². The van der Waals surface area contributed by atoms with Crippen LogP contribution in [0, 0.1) is 3.95 Å². The highest BCUT2D eigenvalue weighted by Gasteiger charge is 2.15. The number of hydrogen-bond acceptors (Lipinski definition) is 7. The third-order valence-electron chi connectivity index (χ3n) is 4.71. The normalized spacial score (nSPS) is 11.0. The molecular weight excluding hydrogens is 462 g/mol. The van der Waals surface area contributed by atoms with Crippen molar-refractivity contribution in [1.29, 1.82) is 0 Å². The van der Waals surface area contributed by atoms with E-state index in [0.717, 1.165) is 16.9 Å². The van der Waals surface area contributed by atoms with Crippen molar-refractivity contribution in [3.05, 3.63) is 86.7 Å². The Morgan fingerprint density at radius 2 is 1.78 bits per heavy atom. The van der Waals surface area contributed by atoms with Crippen molar-refractivity contribution in [1.82, 2.24) is 19.1 Å². The predicted molar refractivity (Wildman–Crippen MR) is 130 cm³/mol. The van der Waals surface area contributed by atoms with E-state index in [1.807, 2.05) is 66.0 Å². The first-order valence-corrected chi connectivity index (χ1v) is 11.7. The van der Waals surface area contributed by atoms with Crippen molar-refractivity contribution in [3.63, 3.8) is 0 Å². The predicted octanol–water partition coefficient (Wildman–Crippen LogP) is 4.74. The highest BCUT2D eigenvalue weighted by molar-refractivity contribution is 7.73. The number of benzene rings is 2. The first-order chi connectivity index (χ1) is 15.6. The topological polar surface area (TPSA) is 81.8 Å². The molecule has 0 fully saturated rings. The quantitative estimate of drug-likeness (QED) is 0.370. The van der Waals surface area contributed by atoms with Crippen molar-refractivity contribution < 1.29 is 4.79 Å². The minimum absolute atomic E-state index is 0.169. The van der Waals surface area contributed by atoms with Crippen molar-refractivity contribution >= 4 is 56.3 Å². The van der Waals surface area contributed by atoms with Gasteiger partial charge in [0.25, 0.3) is 5.56 Å². The highest BCUT2D eigenvalue weighted by Crippen LogP contribution is 2.25. The van der Waals surface area contributed by atoms with E-state index in [4.69, 9.17) is 12.2 Å². The van der Waals surface area contributed by atoms with Crippen LogP contribution in [-0.4, -0.2) is 25.0 Å². The Balaban J connectivity index is 1.38. The molecule has 10 heteroatoms. The van der Waals surface area contributed by atoms with Gasteiger partial charge in [0.05, 0.1) is 5.69 Å². The molecule has 0 aliphatic carbocycles. The molecule has 3 aromatic heterocycles. The number of thiazole rings is 2. The zero-order chi connectivity index (χ0) is 22.1. The average molecular weight is 478 g/mol. The fourth-order valence-corrected chi connectivity index (χ4v) is 5.31. The van der Waals surface area contributed by atoms with Gasteiger partial charge in [-0.15, -0.1) is 11.3 Å². The number of nitrogens with zero attached hydrogens (tertiary/aromatic N) is 4. The number of nitrogens with one attached hydrogen (secondary N) is 1. The smallest absolute Gasteiger partial charge is 0.273 e. The second-order valence-electron chi connectivity index (χ2n) is 6.82. The number of hydrogen-bond donors (Lipinski definition) is 1. The van der Waals surface area contributed by atoms with Gasteiger partial charge in [-0.05, 0) is 24.4 Å². The van der Waals surface area contributed by atoms with Gasteiger partial charge in [-0.1, -0.05) is 59.9 Å². The molecule has 1 amide bonds. The van der Waals surface area contributed by atoms with Crippen LogP contribution in [0.25, 0.3) is 27.3 Å². The van der Waals surface area contributed by atoms with E-state index in [9.17, 15) is 9.59 Å². The summed E-state index contributed by atoms with van der Waals surface area (Å²) >= 11 is 7.98. The van der Waals surface area contributed by atoms with Crippen LogP contribution in [-0.2, 0) is 11.3 Å². The summed E-state index contributed by atoms with van der Waals surface area (Å²) in [7, 11) is 0. The molecule has 3 heterocycles. The monoisotopic (exact) mass is 477 g/mol. The number of amides is 1. The van der Waals surface area contributed by atoms with Crippen LogP contribution in [0.5, 0.6) is 0 Å². The Morgan fingerprint density at radius 1 is 1.06 bits per heavy atom. The lowest BCUT2D eigenvalue weighted by molar-refractivity contribution is -0.116. The fraction of sp³-hybridized carbons (Fsp3) is 0.0455. The van der Waals surface area contributed by atoms with Gasteiger partial charge in [0.2, 0.25) is 5.91 Å². The highest BCUT2D eigenvalue weighted by atomic mass is 32.1. The summed E-state index contributed by atoms with van der Waals surface area (Å²) in [5.41, 5.74) is 2.77. The molecule has 0 atom stereocenters. The third kappa shape index (κ3) is 3.91. The van der Waals surface area contributed by atoms with E-state index in [1.54, 1.807) is 4.57 Å². The fourth-order valence-electron chi connectivity index (χ4n) is 3.23. The Bertz CT molecular complexity index is 1530. The van der Waals surface area contributed by atoms with Gasteiger partial charge in [0.15, 0.2) is 14.7 Å². The molecule has 0 aliphatic rings. The van der Waals surface area contributed by atoms with Crippen LogP contribution in [0.4, 0.5) is 5.13 Å². The molecule has 2 aromatic carbocycles. The minimum atomic E-state index is -0.353. The first-order valence-electron chi connectivity index (χ1n) is 9.57. The average Bonchev–Trinajstić information content (AvgIpc) is 3.41. The number of rotatable bonds is 5. The van der Waals surface area contributed by atoms with Crippen molar-refractivity contribution in [2.45, 2.75) is 6.54 Å². The largest absolute Gasteiger partial charge is 0.300 e.